The monoisotopic (exact) mass is 580 g/mol. The second kappa shape index (κ2) is 11.5. The maximum absolute atomic E-state index is 14.0. The predicted molar refractivity (Wildman–Crippen MR) is 146 cm³/mol. The van der Waals surface area contributed by atoms with Crippen LogP contribution in [-0.2, 0) is 17.3 Å². The molecule has 1 amide bonds. The summed E-state index contributed by atoms with van der Waals surface area (Å²) in [5.41, 5.74) is -1.74. The van der Waals surface area contributed by atoms with Gasteiger partial charge < -0.3 is 30.0 Å². The van der Waals surface area contributed by atoms with E-state index in [-0.39, 0.29) is 23.4 Å². The molecular formula is C26H31F3N6O4S. The average Bonchev–Trinajstić information content (AvgIpc) is 3.46. The third-order valence-electron chi connectivity index (χ3n) is 6.89. The number of nitrogens with zero attached hydrogens (tertiary/aromatic N) is 4. The molecule has 2 aliphatic rings. The summed E-state index contributed by atoms with van der Waals surface area (Å²) in [4.78, 5) is 16.7. The summed E-state index contributed by atoms with van der Waals surface area (Å²) in [6.45, 7) is 8.84. The summed E-state index contributed by atoms with van der Waals surface area (Å²) in [5, 5.41) is 16.7. The van der Waals surface area contributed by atoms with Gasteiger partial charge in [0.15, 0.2) is 17.4 Å². The Labute approximate surface area is 232 Å². The number of hydrogen-bond acceptors (Lipinski definition) is 7. The molecule has 3 N–H and O–H groups in total. The summed E-state index contributed by atoms with van der Waals surface area (Å²) in [6.07, 6.45) is -3.72. The molecule has 2 aliphatic heterocycles. The van der Waals surface area contributed by atoms with Gasteiger partial charge >= 0.3 is 6.18 Å². The zero-order chi connectivity index (χ0) is 29.4. The Morgan fingerprint density at radius 3 is 2.45 bits per heavy atom. The van der Waals surface area contributed by atoms with Crippen molar-refractivity contribution in [2.75, 3.05) is 32.5 Å². The number of carbonyl (C=O) groups excluding carboxylic acids is 1. The number of rotatable bonds is 6. The van der Waals surface area contributed by atoms with Gasteiger partial charge in [0.1, 0.15) is 17.6 Å². The number of hydrogen-bond donors (Lipinski definition) is 3. The van der Waals surface area contributed by atoms with Gasteiger partial charge in [-0.05, 0) is 71.1 Å². The lowest BCUT2D eigenvalue weighted by Gasteiger charge is -2.35. The zero-order valence-electron chi connectivity index (χ0n) is 22.5. The van der Waals surface area contributed by atoms with E-state index in [0.717, 1.165) is 12.1 Å². The number of carbonyl (C=O) groups is 1. The molecule has 4 rings (SSSR count). The maximum Gasteiger partial charge on any atom is 0.417 e. The zero-order valence-corrected chi connectivity index (χ0v) is 23.3. The van der Waals surface area contributed by atoms with Crippen molar-refractivity contribution in [3.63, 3.8) is 0 Å². The Morgan fingerprint density at radius 2 is 1.88 bits per heavy atom. The van der Waals surface area contributed by atoms with Crippen LogP contribution < -0.4 is 10.6 Å². The molecular weight excluding hydrogens is 549 g/mol. The molecule has 0 aliphatic carbocycles. The Hall–Kier alpha value is -3.65. The van der Waals surface area contributed by atoms with Crippen LogP contribution in [0.1, 0.15) is 53.2 Å². The van der Waals surface area contributed by atoms with Crippen molar-refractivity contribution >= 4 is 34.4 Å². The highest BCUT2D eigenvalue weighted by molar-refractivity contribution is 7.83. The molecule has 0 radical (unpaired) electrons. The van der Waals surface area contributed by atoms with E-state index in [4.69, 9.17) is 4.42 Å². The third kappa shape index (κ3) is 6.22. The summed E-state index contributed by atoms with van der Waals surface area (Å²) < 4.78 is 67.6. The SMILES string of the molecule is C=C(C)C(NC1=NS(=O)N=C1Nc1ccc(C(F)(F)F)c(C(=O)N(C)C2CCN(C)CC2)c1O)c1ccc(C)o1. The van der Waals surface area contributed by atoms with Gasteiger partial charge in [-0.25, -0.2) is 4.21 Å². The minimum atomic E-state index is -4.90. The van der Waals surface area contributed by atoms with E-state index in [1.165, 1.54) is 11.9 Å². The highest BCUT2D eigenvalue weighted by Gasteiger charge is 2.40. The van der Waals surface area contributed by atoms with Gasteiger partial charge in [-0.15, -0.1) is 8.80 Å². The van der Waals surface area contributed by atoms with E-state index in [1.807, 2.05) is 7.05 Å². The van der Waals surface area contributed by atoms with Crippen molar-refractivity contribution < 1.29 is 31.7 Å². The number of likely N-dealkylation sites (tertiary alicyclic amines) is 1. The van der Waals surface area contributed by atoms with Gasteiger partial charge in [0.2, 0.25) is 0 Å². The lowest BCUT2D eigenvalue weighted by atomic mass is 9.99. The minimum Gasteiger partial charge on any atom is -0.505 e. The van der Waals surface area contributed by atoms with Gasteiger partial charge in [0.25, 0.3) is 17.1 Å². The number of anilines is 1. The molecule has 0 spiro atoms. The fourth-order valence-electron chi connectivity index (χ4n) is 4.62. The Morgan fingerprint density at radius 1 is 1.23 bits per heavy atom. The number of nitrogens with one attached hydrogen (secondary N) is 2. The van der Waals surface area contributed by atoms with Crippen molar-refractivity contribution in [3.8, 4) is 5.75 Å². The minimum absolute atomic E-state index is 0.0102. The normalized spacial score (nSPS) is 19.1. The van der Waals surface area contributed by atoms with Crippen molar-refractivity contribution in [1.82, 2.24) is 15.1 Å². The number of phenolic OH excluding ortho intramolecular Hbond substituents is 1. The number of furan rings is 1. The molecule has 2 unspecified atom stereocenters. The first-order valence-corrected chi connectivity index (χ1v) is 13.6. The first-order valence-electron chi connectivity index (χ1n) is 12.5. The molecule has 216 valence electrons. The lowest BCUT2D eigenvalue weighted by Crippen LogP contribution is -2.45. The van der Waals surface area contributed by atoms with E-state index in [1.54, 1.807) is 26.0 Å². The smallest absolute Gasteiger partial charge is 0.417 e. The predicted octanol–water partition coefficient (Wildman–Crippen LogP) is 4.19. The molecule has 0 bridgehead atoms. The third-order valence-corrected chi connectivity index (χ3v) is 7.57. The lowest BCUT2D eigenvalue weighted by molar-refractivity contribution is -0.138. The van der Waals surface area contributed by atoms with E-state index in [2.05, 4.69) is 30.9 Å². The van der Waals surface area contributed by atoms with Crippen LogP contribution in [-0.4, -0.2) is 69.9 Å². The molecule has 40 heavy (non-hydrogen) atoms. The number of benzene rings is 1. The van der Waals surface area contributed by atoms with Gasteiger partial charge in [-0.1, -0.05) is 12.2 Å². The van der Waals surface area contributed by atoms with Crippen molar-refractivity contribution in [3.05, 3.63) is 59.1 Å². The highest BCUT2D eigenvalue weighted by Crippen LogP contribution is 2.40. The number of halogens is 3. The molecule has 1 fully saturated rings. The largest absolute Gasteiger partial charge is 0.505 e. The van der Waals surface area contributed by atoms with Crippen LogP contribution in [0.2, 0.25) is 0 Å². The number of piperidine rings is 1. The number of alkyl halides is 3. The first-order chi connectivity index (χ1) is 18.8. The van der Waals surface area contributed by atoms with Crippen molar-refractivity contribution in [1.29, 1.82) is 0 Å². The molecule has 0 saturated carbocycles. The summed E-state index contributed by atoms with van der Waals surface area (Å²) in [5.74, 6) is -0.794. The molecule has 1 aromatic heterocycles. The molecule has 2 atom stereocenters. The van der Waals surface area contributed by atoms with E-state index >= 15 is 0 Å². The van der Waals surface area contributed by atoms with Crippen LogP contribution in [0, 0.1) is 6.92 Å². The van der Waals surface area contributed by atoms with Gasteiger partial charge in [0, 0.05) is 13.1 Å². The van der Waals surface area contributed by atoms with Crippen LogP contribution in [0.15, 0.2) is 49.6 Å². The van der Waals surface area contributed by atoms with Crippen LogP contribution >= 0.6 is 0 Å². The van der Waals surface area contributed by atoms with Gasteiger partial charge in [-0.2, -0.15) is 13.2 Å². The fraction of sp³-hybridized carbons (Fsp3) is 0.423. The topological polar surface area (TPSA) is 123 Å². The summed E-state index contributed by atoms with van der Waals surface area (Å²) in [7, 11) is 3.37. The van der Waals surface area contributed by atoms with Crippen molar-refractivity contribution in [2.45, 2.75) is 44.9 Å². The quantitative estimate of drug-likeness (QED) is 0.346. The number of amidine groups is 2. The second-order valence-corrected chi connectivity index (χ2v) is 10.8. The molecule has 14 heteroatoms. The summed E-state index contributed by atoms with van der Waals surface area (Å²) in [6, 6.07) is 4.33. The summed E-state index contributed by atoms with van der Waals surface area (Å²) >= 11 is -2.04. The number of aryl methyl sites for hydroxylation is 1. The second-order valence-electron chi connectivity index (χ2n) is 9.94. The Balaban J connectivity index is 1.64. The van der Waals surface area contributed by atoms with Gasteiger partial charge in [0.05, 0.1) is 16.8 Å². The highest BCUT2D eigenvalue weighted by atomic mass is 32.2. The Kier molecular flexibility index (Phi) is 8.40. The molecule has 2 aromatic rings. The van der Waals surface area contributed by atoms with E-state index in [9.17, 15) is 27.3 Å². The number of aromatic hydroxyl groups is 1. The van der Waals surface area contributed by atoms with Crippen LogP contribution in [0.25, 0.3) is 0 Å². The van der Waals surface area contributed by atoms with Gasteiger partial charge in [-0.3, -0.25) is 4.79 Å². The fourth-order valence-corrected chi connectivity index (χ4v) is 5.24. The number of phenols is 1. The van der Waals surface area contributed by atoms with Crippen molar-refractivity contribution in [2.24, 2.45) is 8.80 Å². The molecule has 10 nitrogen and oxygen atoms in total. The number of amides is 1. The van der Waals surface area contributed by atoms with E-state index < -0.39 is 46.2 Å². The molecule has 1 saturated heterocycles. The Bertz CT molecular complexity index is 1400. The van der Waals surface area contributed by atoms with Crippen LogP contribution in [0.5, 0.6) is 5.75 Å². The van der Waals surface area contributed by atoms with Crippen LogP contribution in [0.3, 0.4) is 0 Å². The van der Waals surface area contributed by atoms with E-state index in [0.29, 0.717) is 43.0 Å². The molecule has 1 aromatic carbocycles. The first kappa shape index (κ1) is 29.3. The standard InChI is InChI=1S/C26H31F3N6O4S/c1-14(2)21(19-9-6-15(3)39-19)31-24-23(32-40(38)33-24)30-18-8-7-17(26(27,28)29)20(22(18)36)25(37)35(5)16-10-12-34(4)13-11-16/h6-9,16,21,36H,1,10-13H2,2-5H3,(H,30,32)(H,31,33). The average molecular weight is 581 g/mol. The van der Waals surface area contributed by atoms with Crippen LogP contribution in [0.4, 0.5) is 18.9 Å². The maximum atomic E-state index is 14.0. The molecule has 3 heterocycles.